The molecule has 104 valence electrons. The van der Waals surface area contributed by atoms with Crippen molar-refractivity contribution in [2.45, 2.75) is 25.9 Å². The highest BCUT2D eigenvalue weighted by molar-refractivity contribution is 5.28. The van der Waals surface area contributed by atoms with Crippen LogP contribution >= 0.6 is 0 Å². The van der Waals surface area contributed by atoms with Crippen LogP contribution in [0.25, 0.3) is 0 Å². The van der Waals surface area contributed by atoms with Crippen molar-refractivity contribution in [3.63, 3.8) is 0 Å². The molecule has 2 aromatic rings. The van der Waals surface area contributed by atoms with Crippen LogP contribution < -0.4 is 10.1 Å². The smallest absolute Gasteiger partial charge is 0.174 e. The number of benzene rings is 1. The van der Waals surface area contributed by atoms with Crippen LogP contribution in [0.5, 0.6) is 5.75 Å². The van der Waals surface area contributed by atoms with Crippen molar-refractivity contribution in [3.8, 4) is 11.8 Å². The van der Waals surface area contributed by atoms with Gasteiger partial charge in [-0.05, 0) is 36.8 Å². The molecule has 0 aliphatic carbocycles. The molecule has 1 aromatic heterocycles. The van der Waals surface area contributed by atoms with E-state index >= 15 is 0 Å². The SMILES string of the molecule is CC(Cc1ccco1)NCc1cccc(OCC#N)c1. The van der Waals surface area contributed by atoms with E-state index in [1.165, 1.54) is 0 Å². The Bertz CT molecular complexity index is 558. The number of furan rings is 1. The minimum atomic E-state index is 0.0752. The number of hydrogen-bond donors (Lipinski definition) is 1. The molecule has 0 fully saturated rings. The Balaban J connectivity index is 1.82. The van der Waals surface area contributed by atoms with Gasteiger partial charge in [-0.25, -0.2) is 0 Å². The second-order valence-electron chi connectivity index (χ2n) is 4.66. The first kappa shape index (κ1) is 14.2. The second-order valence-corrected chi connectivity index (χ2v) is 4.66. The number of ether oxygens (including phenoxy) is 1. The van der Waals surface area contributed by atoms with E-state index in [-0.39, 0.29) is 6.61 Å². The van der Waals surface area contributed by atoms with Gasteiger partial charge in [0.15, 0.2) is 6.61 Å². The maximum atomic E-state index is 8.50. The van der Waals surface area contributed by atoms with Gasteiger partial charge in [-0.1, -0.05) is 12.1 Å². The van der Waals surface area contributed by atoms with Crippen LogP contribution in [0.1, 0.15) is 18.2 Å². The lowest BCUT2D eigenvalue weighted by atomic mass is 10.1. The van der Waals surface area contributed by atoms with E-state index in [0.29, 0.717) is 6.04 Å². The third-order valence-electron chi connectivity index (χ3n) is 2.94. The maximum absolute atomic E-state index is 8.50. The quantitative estimate of drug-likeness (QED) is 0.840. The first-order valence-corrected chi connectivity index (χ1v) is 6.62. The Morgan fingerprint density at radius 2 is 2.25 bits per heavy atom. The van der Waals surface area contributed by atoms with E-state index in [0.717, 1.165) is 30.0 Å². The zero-order valence-electron chi connectivity index (χ0n) is 11.5. The van der Waals surface area contributed by atoms with Crippen LogP contribution in [0.2, 0.25) is 0 Å². The minimum absolute atomic E-state index is 0.0752. The first-order valence-electron chi connectivity index (χ1n) is 6.62. The predicted octanol–water partition coefficient (Wildman–Crippen LogP) is 2.90. The van der Waals surface area contributed by atoms with Crippen molar-refractivity contribution in [2.75, 3.05) is 6.61 Å². The number of rotatable bonds is 7. The van der Waals surface area contributed by atoms with Gasteiger partial charge in [-0.15, -0.1) is 0 Å². The summed E-state index contributed by atoms with van der Waals surface area (Å²) in [5, 5.41) is 11.9. The van der Waals surface area contributed by atoms with Crippen molar-refractivity contribution in [1.29, 1.82) is 5.26 Å². The van der Waals surface area contributed by atoms with Crippen LogP contribution in [0.3, 0.4) is 0 Å². The third kappa shape index (κ3) is 4.45. The molecule has 1 unspecified atom stereocenters. The van der Waals surface area contributed by atoms with Gasteiger partial charge in [0.2, 0.25) is 0 Å². The molecule has 1 aromatic carbocycles. The summed E-state index contributed by atoms with van der Waals surface area (Å²) in [5.74, 6) is 1.71. The molecular formula is C16H18N2O2. The highest BCUT2D eigenvalue weighted by Crippen LogP contribution is 2.13. The summed E-state index contributed by atoms with van der Waals surface area (Å²) in [7, 11) is 0. The monoisotopic (exact) mass is 270 g/mol. The molecule has 1 atom stereocenters. The molecule has 4 heteroatoms. The zero-order chi connectivity index (χ0) is 14.2. The van der Waals surface area contributed by atoms with Gasteiger partial charge in [-0.3, -0.25) is 0 Å². The van der Waals surface area contributed by atoms with Gasteiger partial charge < -0.3 is 14.5 Å². The fourth-order valence-electron chi connectivity index (χ4n) is 1.96. The summed E-state index contributed by atoms with van der Waals surface area (Å²) in [6.07, 6.45) is 2.55. The summed E-state index contributed by atoms with van der Waals surface area (Å²) in [5.41, 5.74) is 1.13. The topological polar surface area (TPSA) is 58.2 Å². The van der Waals surface area contributed by atoms with Crippen molar-refractivity contribution < 1.29 is 9.15 Å². The molecule has 0 aliphatic rings. The summed E-state index contributed by atoms with van der Waals surface area (Å²) in [4.78, 5) is 0. The Labute approximate surface area is 119 Å². The van der Waals surface area contributed by atoms with Crippen molar-refractivity contribution in [2.24, 2.45) is 0 Å². The predicted molar refractivity (Wildman–Crippen MR) is 76.3 cm³/mol. The molecule has 0 amide bonds. The van der Waals surface area contributed by atoms with E-state index in [1.54, 1.807) is 6.26 Å². The minimum Gasteiger partial charge on any atom is -0.479 e. The molecule has 2 rings (SSSR count). The van der Waals surface area contributed by atoms with Gasteiger partial charge in [0, 0.05) is 19.0 Å². The number of nitrogens with zero attached hydrogens (tertiary/aromatic N) is 1. The van der Waals surface area contributed by atoms with Gasteiger partial charge >= 0.3 is 0 Å². The van der Waals surface area contributed by atoms with E-state index in [9.17, 15) is 0 Å². The van der Waals surface area contributed by atoms with Crippen LogP contribution in [0.15, 0.2) is 47.1 Å². The molecule has 0 spiro atoms. The molecular weight excluding hydrogens is 252 g/mol. The average Bonchev–Trinajstić information content (AvgIpc) is 2.96. The average molecular weight is 270 g/mol. The molecule has 0 aliphatic heterocycles. The molecule has 1 N–H and O–H groups in total. The number of nitrogens with one attached hydrogen (secondary N) is 1. The van der Waals surface area contributed by atoms with E-state index < -0.39 is 0 Å². The van der Waals surface area contributed by atoms with Gasteiger partial charge in [-0.2, -0.15) is 5.26 Å². The summed E-state index contributed by atoms with van der Waals surface area (Å²) in [6.45, 7) is 2.95. The Kier molecular flexibility index (Phi) is 5.22. The second kappa shape index (κ2) is 7.37. The van der Waals surface area contributed by atoms with E-state index in [4.69, 9.17) is 14.4 Å². The Morgan fingerprint density at radius 1 is 1.35 bits per heavy atom. The molecule has 1 heterocycles. The number of nitriles is 1. The van der Waals surface area contributed by atoms with Gasteiger partial charge in [0.25, 0.3) is 0 Å². The van der Waals surface area contributed by atoms with Crippen LogP contribution in [0.4, 0.5) is 0 Å². The van der Waals surface area contributed by atoms with Gasteiger partial charge in [0.05, 0.1) is 6.26 Å². The van der Waals surface area contributed by atoms with Crippen molar-refractivity contribution in [3.05, 3.63) is 54.0 Å². The summed E-state index contributed by atoms with van der Waals surface area (Å²) in [6, 6.07) is 13.9. The fourth-order valence-corrected chi connectivity index (χ4v) is 1.96. The molecule has 0 saturated heterocycles. The lowest BCUT2D eigenvalue weighted by Gasteiger charge is -2.13. The summed E-state index contributed by atoms with van der Waals surface area (Å²) >= 11 is 0. The molecule has 0 saturated carbocycles. The first-order chi connectivity index (χ1) is 9.78. The van der Waals surface area contributed by atoms with E-state index in [2.05, 4.69) is 12.2 Å². The number of hydrogen-bond acceptors (Lipinski definition) is 4. The Hall–Kier alpha value is -2.25. The Morgan fingerprint density at radius 3 is 3.00 bits per heavy atom. The normalized spacial score (nSPS) is 11.8. The van der Waals surface area contributed by atoms with Gasteiger partial charge in [0.1, 0.15) is 17.6 Å². The van der Waals surface area contributed by atoms with Crippen molar-refractivity contribution in [1.82, 2.24) is 5.32 Å². The highest BCUT2D eigenvalue weighted by atomic mass is 16.5. The van der Waals surface area contributed by atoms with Crippen LogP contribution in [0, 0.1) is 11.3 Å². The van der Waals surface area contributed by atoms with E-state index in [1.807, 2.05) is 42.5 Å². The molecule has 0 radical (unpaired) electrons. The standard InChI is InChI=1S/C16H18N2O2/c1-13(10-15-6-3-8-19-15)18-12-14-4-2-5-16(11-14)20-9-7-17/h2-6,8,11,13,18H,9-10,12H2,1H3. The van der Waals surface area contributed by atoms with Crippen molar-refractivity contribution >= 4 is 0 Å². The van der Waals surface area contributed by atoms with Crippen LogP contribution in [-0.4, -0.2) is 12.6 Å². The summed E-state index contributed by atoms with van der Waals surface area (Å²) < 4.78 is 10.6. The third-order valence-corrected chi connectivity index (χ3v) is 2.94. The largest absolute Gasteiger partial charge is 0.479 e. The fraction of sp³-hybridized carbons (Fsp3) is 0.312. The molecule has 0 bridgehead atoms. The molecule has 20 heavy (non-hydrogen) atoms. The van der Waals surface area contributed by atoms with Crippen LogP contribution in [-0.2, 0) is 13.0 Å². The molecule has 4 nitrogen and oxygen atoms in total. The lowest BCUT2D eigenvalue weighted by Crippen LogP contribution is -2.27. The maximum Gasteiger partial charge on any atom is 0.174 e. The highest BCUT2D eigenvalue weighted by Gasteiger charge is 2.05. The lowest BCUT2D eigenvalue weighted by molar-refractivity contribution is 0.367. The zero-order valence-corrected chi connectivity index (χ0v) is 11.5.